The molecule has 4 rings (SSSR count). The van der Waals surface area contributed by atoms with E-state index >= 15 is 0 Å². The van der Waals surface area contributed by atoms with Crippen molar-refractivity contribution in [1.82, 2.24) is 9.88 Å². The Labute approximate surface area is 202 Å². The summed E-state index contributed by atoms with van der Waals surface area (Å²) in [6.45, 7) is 2.99. The van der Waals surface area contributed by atoms with Gasteiger partial charge in [-0.15, -0.1) is 23.1 Å². The number of piperidine rings is 1. The lowest BCUT2D eigenvalue weighted by Gasteiger charge is -2.41. The molecule has 3 aromatic rings. The number of nitrogens with zero attached hydrogens (tertiary/aromatic N) is 2. The van der Waals surface area contributed by atoms with E-state index in [0.29, 0.717) is 29.5 Å². The minimum atomic E-state index is -0.966. The predicted molar refractivity (Wildman–Crippen MR) is 133 cm³/mol. The fraction of sp³-hybridized carbons (Fsp3) is 0.480. The van der Waals surface area contributed by atoms with Crippen molar-refractivity contribution in [3.05, 3.63) is 53.3 Å². The van der Waals surface area contributed by atoms with E-state index in [1.807, 2.05) is 11.8 Å². The van der Waals surface area contributed by atoms with Crippen LogP contribution in [0.25, 0.3) is 10.9 Å². The Morgan fingerprint density at radius 2 is 2.12 bits per heavy atom. The number of methoxy groups -OCH3 is 1. The Balaban J connectivity index is 1.35. The minimum Gasteiger partial charge on any atom is -0.497 e. The molecule has 0 bridgehead atoms. The van der Waals surface area contributed by atoms with Gasteiger partial charge < -0.3 is 19.8 Å². The van der Waals surface area contributed by atoms with Crippen molar-refractivity contribution in [3.63, 3.8) is 0 Å². The first-order chi connectivity index (χ1) is 16.0. The highest BCUT2D eigenvalue weighted by Crippen LogP contribution is 2.39. The minimum absolute atomic E-state index is 0.0882. The van der Waals surface area contributed by atoms with E-state index in [9.17, 15) is 14.6 Å². The zero-order chi connectivity index (χ0) is 23.3. The molecule has 1 saturated heterocycles. The van der Waals surface area contributed by atoms with Crippen LogP contribution in [0.2, 0.25) is 0 Å². The van der Waals surface area contributed by atoms with Gasteiger partial charge in [0.05, 0.1) is 29.1 Å². The molecule has 0 saturated carbocycles. The van der Waals surface area contributed by atoms with Gasteiger partial charge in [0, 0.05) is 29.9 Å². The Morgan fingerprint density at radius 1 is 1.30 bits per heavy atom. The number of ether oxygens (including phenoxy) is 1. The Hall–Kier alpha value is -1.71. The van der Waals surface area contributed by atoms with Crippen LogP contribution in [-0.2, 0) is 0 Å². The van der Waals surface area contributed by atoms with Gasteiger partial charge in [-0.1, -0.05) is 6.07 Å². The van der Waals surface area contributed by atoms with Gasteiger partial charge in [-0.25, -0.2) is 4.39 Å². The van der Waals surface area contributed by atoms with Gasteiger partial charge in [0.1, 0.15) is 11.6 Å². The first-order valence-electron chi connectivity index (χ1n) is 11.3. The number of thiophene rings is 1. The third-order valence-corrected chi connectivity index (χ3v) is 8.86. The van der Waals surface area contributed by atoms with Gasteiger partial charge in [0.25, 0.3) is 0 Å². The summed E-state index contributed by atoms with van der Waals surface area (Å²) in [6, 6.07) is 9.49. The van der Waals surface area contributed by atoms with Gasteiger partial charge in [-0.05, 0) is 73.8 Å². The highest BCUT2D eigenvalue weighted by Gasteiger charge is 2.34. The Bertz CT molecular complexity index is 1040. The number of likely N-dealkylation sites (tertiary alicyclic amines) is 1. The number of aliphatic hydroxyl groups excluding tert-OH is 2. The van der Waals surface area contributed by atoms with E-state index in [1.54, 1.807) is 36.6 Å². The summed E-state index contributed by atoms with van der Waals surface area (Å²) in [6.07, 6.45) is 3.01. The van der Waals surface area contributed by atoms with Crippen LogP contribution in [0, 0.1) is 11.2 Å². The lowest BCUT2D eigenvalue weighted by molar-refractivity contribution is 0.0251. The number of aliphatic hydroxyl groups is 2. The van der Waals surface area contributed by atoms with Crippen molar-refractivity contribution in [2.45, 2.75) is 36.0 Å². The Morgan fingerprint density at radius 3 is 2.82 bits per heavy atom. The first kappa shape index (κ1) is 24.4. The second kappa shape index (κ2) is 11.1. The molecule has 178 valence electrons. The van der Waals surface area contributed by atoms with Crippen LogP contribution in [-0.4, -0.2) is 59.2 Å². The van der Waals surface area contributed by atoms with E-state index in [2.05, 4.69) is 27.4 Å². The van der Waals surface area contributed by atoms with E-state index < -0.39 is 11.9 Å². The zero-order valence-corrected chi connectivity index (χ0v) is 20.5. The van der Waals surface area contributed by atoms with Crippen molar-refractivity contribution < 1.29 is 19.3 Å². The highest BCUT2D eigenvalue weighted by molar-refractivity contribution is 8.01. The average molecular weight is 491 g/mol. The summed E-state index contributed by atoms with van der Waals surface area (Å²) in [5, 5.41) is 23.8. The van der Waals surface area contributed by atoms with Gasteiger partial charge >= 0.3 is 0 Å². The number of halogens is 1. The van der Waals surface area contributed by atoms with E-state index in [1.165, 1.54) is 10.4 Å². The number of aromatic nitrogens is 1. The smallest absolute Gasteiger partial charge is 0.147 e. The van der Waals surface area contributed by atoms with E-state index in [-0.39, 0.29) is 17.6 Å². The molecule has 1 atom stereocenters. The highest BCUT2D eigenvalue weighted by atomic mass is 32.2. The van der Waals surface area contributed by atoms with E-state index in [0.717, 1.165) is 38.2 Å². The average Bonchev–Trinajstić information content (AvgIpc) is 3.36. The van der Waals surface area contributed by atoms with Crippen LogP contribution in [0.1, 0.15) is 37.4 Å². The monoisotopic (exact) mass is 490 g/mol. The molecule has 0 aliphatic carbocycles. The van der Waals surface area contributed by atoms with Crippen LogP contribution in [0.3, 0.4) is 0 Å². The first-order valence-corrected chi connectivity index (χ1v) is 13.2. The molecule has 0 unspecified atom stereocenters. The lowest BCUT2D eigenvalue weighted by atomic mass is 9.74. The Kier molecular flexibility index (Phi) is 8.24. The van der Waals surface area contributed by atoms with Crippen molar-refractivity contribution in [2.24, 2.45) is 5.41 Å². The number of hydrogen-bond donors (Lipinski definition) is 2. The largest absolute Gasteiger partial charge is 0.497 e. The molecular weight excluding hydrogens is 459 g/mol. The fourth-order valence-electron chi connectivity index (χ4n) is 4.58. The molecule has 1 aromatic carbocycles. The maximum atomic E-state index is 14.7. The topological polar surface area (TPSA) is 65.8 Å². The zero-order valence-electron chi connectivity index (χ0n) is 18.9. The van der Waals surface area contributed by atoms with Gasteiger partial charge in [0.15, 0.2) is 0 Å². The summed E-state index contributed by atoms with van der Waals surface area (Å²) in [5.74, 6) is 1.14. The number of pyridine rings is 1. The predicted octanol–water partition coefficient (Wildman–Crippen LogP) is 5.12. The normalized spacial score (nSPS) is 17.3. The molecule has 5 nitrogen and oxygen atoms in total. The third-order valence-electron chi connectivity index (χ3n) is 6.75. The SMILES string of the molecule is COc1ccc2ncc(F)c([C@@H](O)CCC3(CO)CCN(CCSc4cccs4)CC3)c2c1. The van der Waals surface area contributed by atoms with Crippen molar-refractivity contribution >= 4 is 34.0 Å². The van der Waals surface area contributed by atoms with Crippen LogP contribution in [0.5, 0.6) is 5.75 Å². The molecule has 1 aliphatic heterocycles. The molecule has 2 aromatic heterocycles. The van der Waals surface area contributed by atoms with Crippen molar-refractivity contribution in [1.29, 1.82) is 0 Å². The quantitative estimate of drug-likeness (QED) is 0.385. The van der Waals surface area contributed by atoms with Crippen molar-refractivity contribution in [3.8, 4) is 5.75 Å². The fourth-order valence-corrected chi connectivity index (χ4v) is 6.44. The van der Waals surface area contributed by atoms with Gasteiger partial charge in [-0.3, -0.25) is 4.98 Å². The van der Waals surface area contributed by atoms with E-state index in [4.69, 9.17) is 4.74 Å². The molecule has 0 spiro atoms. The van der Waals surface area contributed by atoms with Crippen LogP contribution >= 0.6 is 23.1 Å². The number of rotatable bonds is 10. The molecule has 0 amide bonds. The summed E-state index contributed by atoms with van der Waals surface area (Å²) in [4.78, 5) is 6.59. The molecular formula is C25H31FN2O3S2. The molecule has 1 aliphatic rings. The number of fused-ring (bicyclic) bond motifs is 1. The maximum absolute atomic E-state index is 14.7. The number of benzene rings is 1. The second-order valence-corrected chi connectivity index (χ2v) is 11.1. The van der Waals surface area contributed by atoms with Gasteiger partial charge in [0.2, 0.25) is 0 Å². The van der Waals surface area contributed by atoms with Gasteiger partial charge in [-0.2, -0.15) is 0 Å². The molecule has 2 N–H and O–H groups in total. The molecule has 33 heavy (non-hydrogen) atoms. The molecule has 3 heterocycles. The summed E-state index contributed by atoms with van der Waals surface area (Å²) >= 11 is 3.66. The summed E-state index contributed by atoms with van der Waals surface area (Å²) in [5.41, 5.74) is 0.655. The lowest BCUT2D eigenvalue weighted by Crippen LogP contribution is -2.43. The van der Waals surface area contributed by atoms with Crippen LogP contribution in [0.4, 0.5) is 4.39 Å². The third kappa shape index (κ3) is 5.87. The standard InChI is InChI=1S/C25H31FN2O3S2/c1-31-18-4-5-21-19(15-18)24(20(26)16-27-21)22(30)6-7-25(17-29)8-10-28(11-9-25)12-14-33-23-3-2-13-32-23/h2-5,13,15-16,22,29-30H,6-12,14,17H2,1H3/t22-/m0/s1. The van der Waals surface area contributed by atoms with Crippen molar-refractivity contribution in [2.75, 3.05) is 39.1 Å². The summed E-state index contributed by atoms with van der Waals surface area (Å²) < 4.78 is 21.3. The molecule has 8 heteroatoms. The molecule has 1 fully saturated rings. The molecule has 0 radical (unpaired) electrons. The van der Waals surface area contributed by atoms with Crippen LogP contribution in [0.15, 0.2) is 46.1 Å². The maximum Gasteiger partial charge on any atom is 0.147 e. The summed E-state index contributed by atoms with van der Waals surface area (Å²) in [7, 11) is 1.56. The number of thioether (sulfide) groups is 1. The van der Waals surface area contributed by atoms with Crippen LogP contribution < -0.4 is 4.74 Å². The number of hydrogen-bond acceptors (Lipinski definition) is 7. The second-order valence-electron chi connectivity index (χ2n) is 8.74.